The van der Waals surface area contributed by atoms with E-state index in [9.17, 15) is 4.79 Å². The highest BCUT2D eigenvalue weighted by molar-refractivity contribution is 5.94. The quantitative estimate of drug-likeness (QED) is 0.860. The Labute approximate surface area is 124 Å². The van der Waals surface area contributed by atoms with Crippen LogP contribution in [-0.4, -0.2) is 24.3 Å². The molecule has 0 saturated heterocycles. The van der Waals surface area contributed by atoms with Crippen LogP contribution in [0.5, 0.6) is 5.75 Å². The van der Waals surface area contributed by atoms with Gasteiger partial charge in [0.1, 0.15) is 11.8 Å². The molecule has 0 amide bonds. The second-order valence-electron chi connectivity index (χ2n) is 5.17. The van der Waals surface area contributed by atoms with Crippen LogP contribution in [0.15, 0.2) is 24.4 Å². The van der Waals surface area contributed by atoms with Crippen LogP contribution in [0.1, 0.15) is 38.4 Å². The van der Waals surface area contributed by atoms with Crippen molar-refractivity contribution in [2.45, 2.75) is 32.9 Å². The van der Waals surface area contributed by atoms with Crippen molar-refractivity contribution in [2.24, 2.45) is 5.73 Å². The molecule has 0 radical (unpaired) electrons. The average Bonchev–Trinajstić information content (AvgIpc) is 2.86. The Morgan fingerprint density at radius 2 is 2.10 bits per heavy atom. The highest BCUT2D eigenvalue weighted by Crippen LogP contribution is 2.35. The van der Waals surface area contributed by atoms with Crippen molar-refractivity contribution in [2.75, 3.05) is 13.7 Å². The SMILES string of the molecule is CCOC(=O)C(N)c1cn(C(C)C)c2cccc(OC)c12. The predicted octanol–water partition coefficient (Wildman–Crippen LogP) is 2.79. The zero-order valence-corrected chi connectivity index (χ0v) is 12.9. The molecule has 0 aliphatic rings. The summed E-state index contributed by atoms with van der Waals surface area (Å²) in [6.45, 7) is 6.24. The fourth-order valence-electron chi connectivity index (χ4n) is 2.50. The molecule has 0 aliphatic heterocycles. The largest absolute Gasteiger partial charge is 0.496 e. The first kappa shape index (κ1) is 15.4. The van der Waals surface area contributed by atoms with Gasteiger partial charge in [-0.25, -0.2) is 4.79 Å². The molecule has 1 heterocycles. The van der Waals surface area contributed by atoms with Crippen molar-refractivity contribution >= 4 is 16.9 Å². The van der Waals surface area contributed by atoms with Crippen LogP contribution >= 0.6 is 0 Å². The first-order chi connectivity index (χ1) is 10.0. The first-order valence-corrected chi connectivity index (χ1v) is 7.10. The molecule has 0 spiro atoms. The van der Waals surface area contributed by atoms with Gasteiger partial charge in [-0.15, -0.1) is 0 Å². The number of carbonyl (C=O) groups excluding carboxylic acids is 1. The molecule has 5 nitrogen and oxygen atoms in total. The maximum Gasteiger partial charge on any atom is 0.327 e. The van der Waals surface area contributed by atoms with E-state index < -0.39 is 12.0 Å². The van der Waals surface area contributed by atoms with Crippen LogP contribution in [0.25, 0.3) is 10.9 Å². The van der Waals surface area contributed by atoms with E-state index in [0.717, 1.165) is 16.5 Å². The van der Waals surface area contributed by atoms with Gasteiger partial charge >= 0.3 is 5.97 Å². The standard InChI is InChI=1S/C16H22N2O3/c1-5-21-16(19)15(17)11-9-18(10(2)3)12-7-6-8-13(20-4)14(11)12/h6-10,15H,5,17H2,1-4H3. The van der Waals surface area contributed by atoms with E-state index >= 15 is 0 Å². The van der Waals surface area contributed by atoms with Crippen molar-refractivity contribution in [3.05, 3.63) is 30.0 Å². The van der Waals surface area contributed by atoms with Gasteiger partial charge in [-0.05, 0) is 32.9 Å². The normalized spacial score (nSPS) is 12.7. The number of benzene rings is 1. The lowest BCUT2D eigenvalue weighted by Gasteiger charge is -2.11. The van der Waals surface area contributed by atoms with Crippen molar-refractivity contribution in [1.82, 2.24) is 4.57 Å². The van der Waals surface area contributed by atoms with Crippen molar-refractivity contribution in [1.29, 1.82) is 0 Å². The summed E-state index contributed by atoms with van der Waals surface area (Å²) >= 11 is 0. The number of hydrogen-bond donors (Lipinski definition) is 1. The Bertz CT molecular complexity index is 646. The molecule has 114 valence electrons. The number of nitrogens with two attached hydrogens (primary N) is 1. The molecule has 21 heavy (non-hydrogen) atoms. The highest BCUT2D eigenvalue weighted by Gasteiger charge is 2.24. The van der Waals surface area contributed by atoms with Gasteiger partial charge in [0.05, 0.1) is 19.2 Å². The van der Waals surface area contributed by atoms with Gasteiger partial charge < -0.3 is 19.8 Å². The van der Waals surface area contributed by atoms with Gasteiger partial charge in [0.2, 0.25) is 0 Å². The molecule has 0 fully saturated rings. The summed E-state index contributed by atoms with van der Waals surface area (Å²) < 4.78 is 12.6. The highest BCUT2D eigenvalue weighted by atomic mass is 16.5. The van der Waals surface area contributed by atoms with Gasteiger partial charge in [-0.2, -0.15) is 0 Å². The van der Waals surface area contributed by atoms with Crippen molar-refractivity contribution < 1.29 is 14.3 Å². The third-order valence-electron chi connectivity index (χ3n) is 3.50. The fourth-order valence-corrected chi connectivity index (χ4v) is 2.50. The molecule has 2 N–H and O–H groups in total. The average molecular weight is 290 g/mol. The third-order valence-corrected chi connectivity index (χ3v) is 3.50. The molecule has 5 heteroatoms. The molecule has 2 aromatic rings. The van der Waals surface area contributed by atoms with Gasteiger partial charge in [0.15, 0.2) is 0 Å². The lowest BCUT2D eigenvalue weighted by molar-refractivity contribution is -0.144. The molecule has 0 aliphatic carbocycles. The van der Waals surface area contributed by atoms with E-state index in [2.05, 4.69) is 18.4 Å². The van der Waals surface area contributed by atoms with E-state index in [1.54, 1.807) is 14.0 Å². The van der Waals surface area contributed by atoms with Crippen LogP contribution in [0.4, 0.5) is 0 Å². The summed E-state index contributed by atoms with van der Waals surface area (Å²) in [7, 11) is 1.61. The topological polar surface area (TPSA) is 66.5 Å². The summed E-state index contributed by atoms with van der Waals surface area (Å²) in [5.41, 5.74) is 7.81. The Morgan fingerprint density at radius 3 is 2.67 bits per heavy atom. The third kappa shape index (κ3) is 2.74. The molecule has 0 saturated carbocycles. The second-order valence-corrected chi connectivity index (χ2v) is 5.17. The fraction of sp³-hybridized carbons (Fsp3) is 0.438. The summed E-state index contributed by atoms with van der Waals surface area (Å²) in [6, 6.07) is 5.24. The Balaban J connectivity index is 2.65. The Morgan fingerprint density at radius 1 is 1.38 bits per heavy atom. The number of hydrogen-bond acceptors (Lipinski definition) is 4. The minimum absolute atomic E-state index is 0.253. The van der Waals surface area contributed by atoms with E-state index in [1.165, 1.54) is 0 Å². The number of esters is 1. The predicted molar refractivity (Wildman–Crippen MR) is 82.4 cm³/mol. The van der Waals surface area contributed by atoms with Gasteiger partial charge in [-0.3, -0.25) is 0 Å². The molecule has 1 unspecified atom stereocenters. The second kappa shape index (κ2) is 6.18. The van der Waals surface area contributed by atoms with E-state index in [-0.39, 0.29) is 6.04 Å². The maximum absolute atomic E-state index is 12.0. The summed E-state index contributed by atoms with van der Waals surface area (Å²) in [5.74, 6) is 0.285. The molecular weight excluding hydrogens is 268 g/mol. The van der Waals surface area contributed by atoms with Crippen LogP contribution in [0.3, 0.4) is 0 Å². The Kier molecular flexibility index (Phi) is 4.53. The molecule has 2 rings (SSSR count). The minimum Gasteiger partial charge on any atom is -0.496 e. The first-order valence-electron chi connectivity index (χ1n) is 7.10. The summed E-state index contributed by atoms with van der Waals surface area (Å²) in [6.07, 6.45) is 1.92. The molecule has 1 aromatic carbocycles. The lowest BCUT2D eigenvalue weighted by Crippen LogP contribution is -2.23. The smallest absolute Gasteiger partial charge is 0.327 e. The number of ether oxygens (including phenoxy) is 2. The monoisotopic (exact) mass is 290 g/mol. The van der Waals surface area contributed by atoms with Gasteiger partial charge in [0.25, 0.3) is 0 Å². The zero-order chi connectivity index (χ0) is 15.6. The molecule has 0 bridgehead atoms. The van der Waals surface area contributed by atoms with Crippen LogP contribution < -0.4 is 10.5 Å². The summed E-state index contributed by atoms with van der Waals surface area (Å²) in [4.78, 5) is 12.0. The maximum atomic E-state index is 12.0. The number of aromatic nitrogens is 1. The Hall–Kier alpha value is -2.01. The minimum atomic E-state index is -0.816. The van der Waals surface area contributed by atoms with E-state index in [1.807, 2.05) is 24.4 Å². The lowest BCUT2D eigenvalue weighted by atomic mass is 10.1. The van der Waals surface area contributed by atoms with Gasteiger partial charge in [-0.1, -0.05) is 6.07 Å². The van der Waals surface area contributed by atoms with Crippen molar-refractivity contribution in [3.63, 3.8) is 0 Å². The number of methoxy groups -OCH3 is 1. The van der Waals surface area contributed by atoms with E-state index in [0.29, 0.717) is 12.4 Å². The van der Waals surface area contributed by atoms with E-state index in [4.69, 9.17) is 15.2 Å². The van der Waals surface area contributed by atoms with Crippen LogP contribution in [0.2, 0.25) is 0 Å². The molecule has 1 atom stereocenters. The zero-order valence-electron chi connectivity index (χ0n) is 12.9. The number of carbonyl (C=O) groups is 1. The van der Waals surface area contributed by atoms with Crippen LogP contribution in [0, 0.1) is 0 Å². The van der Waals surface area contributed by atoms with Crippen molar-refractivity contribution in [3.8, 4) is 5.75 Å². The van der Waals surface area contributed by atoms with Gasteiger partial charge in [0, 0.05) is 23.2 Å². The number of rotatable bonds is 5. The number of fused-ring (bicyclic) bond motifs is 1. The summed E-state index contributed by atoms with van der Waals surface area (Å²) in [5, 5.41) is 0.870. The number of nitrogens with zero attached hydrogens (tertiary/aromatic N) is 1. The molecular formula is C16H22N2O3. The molecule has 1 aromatic heterocycles. The van der Waals surface area contributed by atoms with Crippen LogP contribution in [-0.2, 0) is 9.53 Å².